The fourth-order valence-electron chi connectivity index (χ4n) is 1.63. The van der Waals surface area contributed by atoms with Crippen molar-refractivity contribution in [2.24, 2.45) is 0 Å². The largest absolute Gasteiger partial charge is 0.411 e. The third kappa shape index (κ3) is 7.79. The van der Waals surface area contributed by atoms with Gasteiger partial charge in [0.15, 0.2) is 0 Å². The maximum absolute atomic E-state index is 12.0. The lowest BCUT2D eigenvalue weighted by atomic mass is 10.1. The molecule has 6 heteroatoms. The number of hydrogen-bond donors (Lipinski definition) is 1. The zero-order chi connectivity index (χ0) is 14.1. The highest BCUT2D eigenvalue weighted by Crippen LogP contribution is 2.14. The van der Waals surface area contributed by atoms with Crippen LogP contribution in [0.4, 0.5) is 13.2 Å². The molecule has 0 aliphatic carbocycles. The van der Waals surface area contributed by atoms with Crippen LogP contribution in [0.15, 0.2) is 24.4 Å². The van der Waals surface area contributed by atoms with Gasteiger partial charge in [0.2, 0.25) is 0 Å². The van der Waals surface area contributed by atoms with E-state index in [0.717, 1.165) is 18.7 Å². The van der Waals surface area contributed by atoms with E-state index in [-0.39, 0.29) is 12.6 Å². The highest BCUT2D eigenvalue weighted by Gasteiger charge is 2.27. The first-order valence-corrected chi connectivity index (χ1v) is 6.29. The molecule has 0 aliphatic heterocycles. The first-order chi connectivity index (χ1) is 9.01. The van der Waals surface area contributed by atoms with Gasteiger partial charge in [-0.2, -0.15) is 13.2 Å². The Hall–Kier alpha value is -1.14. The Morgan fingerprint density at radius 2 is 2.16 bits per heavy atom. The van der Waals surface area contributed by atoms with Gasteiger partial charge in [-0.05, 0) is 25.1 Å². The topological polar surface area (TPSA) is 34.1 Å². The Morgan fingerprint density at radius 1 is 1.37 bits per heavy atom. The fraction of sp³-hybridized carbons (Fsp3) is 0.615. The second-order valence-corrected chi connectivity index (χ2v) is 4.31. The molecule has 0 saturated heterocycles. The van der Waals surface area contributed by atoms with Crippen LogP contribution < -0.4 is 5.32 Å². The van der Waals surface area contributed by atoms with Crippen molar-refractivity contribution in [2.75, 3.05) is 19.8 Å². The monoisotopic (exact) mass is 276 g/mol. The van der Waals surface area contributed by atoms with E-state index in [0.29, 0.717) is 6.42 Å². The fourth-order valence-corrected chi connectivity index (χ4v) is 1.63. The number of ether oxygens (including phenoxy) is 1. The van der Waals surface area contributed by atoms with E-state index in [4.69, 9.17) is 4.74 Å². The second kappa shape index (κ2) is 8.12. The van der Waals surface area contributed by atoms with Crippen molar-refractivity contribution < 1.29 is 17.9 Å². The van der Waals surface area contributed by atoms with Crippen molar-refractivity contribution in [1.29, 1.82) is 0 Å². The van der Waals surface area contributed by atoms with Gasteiger partial charge in [0.05, 0.1) is 6.61 Å². The molecule has 0 saturated carbocycles. The molecule has 1 heterocycles. The normalized spacial score (nSPS) is 13.5. The minimum absolute atomic E-state index is 0.0239. The van der Waals surface area contributed by atoms with Gasteiger partial charge < -0.3 is 10.1 Å². The predicted molar refractivity (Wildman–Crippen MR) is 66.9 cm³/mol. The number of rotatable bonds is 8. The van der Waals surface area contributed by atoms with Gasteiger partial charge in [-0.3, -0.25) is 4.98 Å². The molecule has 1 N–H and O–H groups in total. The summed E-state index contributed by atoms with van der Waals surface area (Å²) in [6.07, 6.45) is -1.14. The van der Waals surface area contributed by atoms with E-state index < -0.39 is 12.8 Å². The zero-order valence-electron chi connectivity index (χ0n) is 10.9. The van der Waals surface area contributed by atoms with E-state index in [2.05, 4.69) is 10.3 Å². The lowest BCUT2D eigenvalue weighted by Crippen LogP contribution is -2.37. The minimum atomic E-state index is -4.28. The van der Waals surface area contributed by atoms with Crippen LogP contribution in [0.2, 0.25) is 0 Å². The lowest BCUT2D eigenvalue weighted by Gasteiger charge is -2.18. The third-order valence-electron chi connectivity index (χ3n) is 2.45. The van der Waals surface area contributed by atoms with Crippen molar-refractivity contribution in [3.05, 3.63) is 30.1 Å². The average molecular weight is 276 g/mol. The Bertz CT molecular complexity index is 343. The SMILES string of the molecule is CCCNC(COCC(F)(F)F)Cc1ccccn1. The van der Waals surface area contributed by atoms with Crippen molar-refractivity contribution in [3.63, 3.8) is 0 Å². The molecule has 1 aromatic rings. The molecular weight excluding hydrogens is 257 g/mol. The minimum Gasteiger partial charge on any atom is -0.370 e. The van der Waals surface area contributed by atoms with Crippen LogP contribution in [0.1, 0.15) is 19.0 Å². The van der Waals surface area contributed by atoms with E-state index in [1.54, 1.807) is 12.3 Å². The number of nitrogens with zero attached hydrogens (tertiary/aromatic N) is 1. The highest BCUT2D eigenvalue weighted by molar-refractivity contribution is 5.05. The summed E-state index contributed by atoms with van der Waals surface area (Å²) in [5.74, 6) is 0. The van der Waals surface area contributed by atoms with Gasteiger partial charge in [-0.1, -0.05) is 13.0 Å². The van der Waals surface area contributed by atoms with Crippen molar-refractivity contribution in [1.82, 2.24) is 10.3 Å². The van der Waals surface area contributed by atoms with Gasteiger partial charge in [0, 0.05) is 24.4 Å². The summed E-state index contributed by atoms with van der Waals surface area (Å²) in [6.45, 7) is 1.56. The van der Waals surface area contributed by atoms with Gasteiger partial charge in [-0.25, -0.2) is 0 Å². The zero-order valence-corrected chi connectivity index (χ0v) is 10.9. The van der Waals surface area contributed by atoms with Crippen molar-refractivity contribution >= 4 is 0 Å². The summed E-state index contributed by atoms with van der Waals surface area (Å²) >= 11 is 0. The van der Waals surface area contributed by atoms with E-state index in [1.165, 1.54) is 0 Å². The first kappa shape index (κ1) is 15.9. The van der Waals surface area contributed by atoms with Crippen LogP contribution in [0, 0.1) is 0 Å². The van der Waals surface area contributed by atoms with E-state index >= 15 is 0 Å². The smallest absolute Gasteiger partial charge is 0.370 e. The van der Waals surface area contributed by atoms with Crippen LogP contribution in [0.3, 0.4) is 0 Å². The Kier molecular flexibility index (Phi) is 6.80. The standard InChI is InChI=1S/C13H19F3N2O/c1-2-6-17-12(9-19-10-13(14,15)16)8-11-5-3-4-7-18-11/h3-5,7,12,17H,2,6,8-10H2,1H3. The molecule has 19 heavy (non-hydrogen) atoms. The molecule has 1 unspecified atom stereocenters. The molecule has 0 aliphatic rings. The van der Waals surface area contributed by atoms with Crippen LogP contribution >= 0.6 is 0 Å². The molecule has 0 aromatic carbocycles. The maximum atomic E-state index is 12.0. The van der Waals surface area contributed by atoms with Crippen LogP contribution in [-0.2, 0) is 11.2 Å². The number of hydrogen-bond acceptors (Lipinski definition) is 3. The summed E-state index contributed by atoms with van der Waals surface area (Å²) < 4.78 is 40.8. The Morgan fingerprint density at radius 3 is 2.74 bits per heavy atom. The molecule has 3 nitrogen and oxygen atoms in total. The molecule has 0 radical (unpaired) electrons. The lowest BCUT2D eigenvalue weighted by molar-refractivity contribution is -0.175. The molecule has 1 aromatic heterocycles. The summed E-state index contributed by atoms with van der Waals surface area (Å²) in [5, 5.41) is 3.17. The van der Waals surface area contributed by atoms with Crippen molar-refractivity contribution in [3.8, 4) is 0 Å². The van der Waals surface area contributed by atoms with Gasteiger partial charge in [0.25, 0.3) is 0 Å². The van der Waals surface area contributed by atoms with Crippen LogP contribution in [0.25, 0.3) is 0 Å². The molecule has 0 spiro atoms. The number of aromatic nitrogens is 1. The quantitative estimate of drug-likeness (QED) is 0.792. The number of nitrogens with one attached hydrogen (secondary N) is 1. The van der Waals surface area contributed by atoms with Crippen molar-refractivity contribution in [2.45, 2.75) is 32.0 Å². The number of alkyl halides is 3. The summed E-state index contributed by atoms with van der Waals surface area (Å²) in [7, 11) is 0. The molecule has 1 atom stereocenters. The van der Waals surface area contributed by atoms with E-state index in [9.17, 15) is 13.2 Å². The number of halogens is 3. The molecule has 0 amide bonds. The molecule has 0 fully saturated rings. The maximum Gasteiger partial charge on any atom is 0.411 e. The molecule has 0 bridgehead atoms. The third-order valence-corrected chi connectivity index (χ3v) is 2.45. The second-order valence-electron chi connectivity index (χ2n) is 4.31. The van der Waals surface area contributed by atoms with Gasteiger partial charge >= 0.3 is 6.18 Å². The van der Waals surface area contributed by atoms with Gasteiger partial charge in [-0.15, -0.1) is 0 Å². The Balaban J connectivity index is 2.42. The number of pyridine rings is 1. The van der Waals surface area contributed by atoms with Gasteiger partial charge in [0.1, 0.15) is 6.61 Å². The summed E-state index contributed by atoms with van der Waals surface area (Å²) in [4.78, 5) is 4.17. The van der Waals surface area contributed by atoms with Crippen LogP contribution in [-0.4, -0.2) is 37.0 Å². The Labute approximate surface area is 111 Å². The molecule has 1 rings (SSSR count). The molecular formula is C13H19F3N2O. The summed E-state index contributed by atoms with van der Waals surface area (Å²) in [6, 6.07) is 5.36. The van der Waals surface area contributed by atoms with E-state index in [1.807, 2.05) is 19.1 Å². The predicted octanol–water partition coefficient (Wildman–Crippen LogP) is 2.57. The highest BCUT2D eigenvalue weighted by atomic mass is 19.4. The first-order valence-electron chi connectivity index (χ1n) is 6.29. The average Bonchev–Trinajstić information content (AvgIpc) is 2.35. The van der Waals surface area contributed by atoms with Crippen LogP contribution in [0.5, 0.6) is 0 Å². The summed E-state index contributed by atoms with van der Waals surface area (Å²) in [5.41, 5.74) is 0.840. The molecule has 108 valence electrons.